The summed E-state index contributed by atoms with van der Waals surface area (Å²) in [7, 11) is 0. The number of nitrogens with one attached hydrogen (secondary N) is 1. The number of hydrogen-bond acceptors (Lipinski definition) is 1. The Morgan fingerprint density at radius 1 is 1.25 bits per heavy atom. The molecule has 0 atom stereocenters. The predicted molar refractivity (Wildman–Crippen MR) is 51.5 cm³/mol. The van der Waals surface area contributed by atoms with E-state index in [9.17, 15) is 0 Å². The van der Waals surface area contributed by atoms with Crippen molar-refractivity contribution < 1.29 is 0 Å². The standard InChI is InChI=1S/C10H10N2/c11-6-4-8-2-1-3-10-9(8)5-7-12-10/h1-7,12H,11H2. The van der Waals surface area contributed by atoms with Crippen LogP contribution >= 0.6 is 0 Å². The van der Waals surface area contributed by atoms with Gasteiger partial charge in [0.05, 0.1) is 0 Å². The number of aromatic nitrogens is 1. The molecule has 2 aromatic rings. The van der Waals surface area contributed by atoms with Gasteiger partial charge in [-0.2, -0.15) is 0 Å². The first kappa shape index (κ1) is 6.98. The maximum atomic E-state index is 5.33. The third-order valence-electron chi connectivity index (χ3n) is 1.90. The lowest BCUT2D eigenvalue weighted by atomic mass is 10.1. The van der Waals surface area contributed by atoms with Gasteiger partial charge in [-0.05, 0) is 30.0 Å². The maximum Gasteiger partial charge on any atom is 0.0459 e. The van der Waals surface area contributed by atoms with Crippen LogP contribution in [0.25, 0.3) is 17.0 Å². The maximum absolute atomic E-state index is 5.33. The summed E-state index contributed by atoms with van der Waals surface area (Å²) in [5, 5.41) is 1.21. The van der Waals surface area contributed by atoms with Gasteiger partial charge >= 0.3 is 0 Å². The van der Waals surface area contributed by atoms with Gasteiger partial charge in [-0.3, -0.25) is 0 Å². The van der Waals surface area contributed by atoms with E-state index < -0.39 is 0 Å². The molecule has 0 saturated carbocycles. The van der Waals surface area contributed by atoms with E-state index in [1.54, 1.807) is 6.20 Å². The number of nitrogens with two attached hydrogens (primary N) is 1. The Kier molecular flexibility index (Phi) is 1.59. The molecule has 3 N–H and O–H groups in total. The molecule has 0 saturated heterocycles. The monoisotopic (exact) mass is 158 g/mol. The smallest absolute Gasteiger partial charge is 0.0459 e. The number of H-pyrrole nitrogens is 1. The van der Waals surface area contributed by atoms with E-state index in [4.69, 9.17) is 5.73 Å². The summed E-state index contributed by atoms with van der Waals surface area (Å²) >= 11 is 0. The summed E-state index contributed by atoms with van der Waals surface area (Å²) in [4.78, 5) is 3.14. The Balaban J connectivity index is 2.73. The van der Waals surface area contributed by atoms with Crippen LogP contribution in [0, 0.1) is 0 Å². The molecule has 0 amide bonds. The summed E-state index contributed by atoms with van der Waals surface area (Å²) in [6.07, 6.45) is 5.39. The molecular weight excluding hydrogens is 148 g/mol. The first-order valence-electron chi connectivity index (χ1n) is 3.86. The number of rotatable bonds is 1. The molecule has 0 aliphatic carbocycles. The van der Waals surface area contributed by atoms with Crippen molar-refractivity contribution in [1.29, 1.82) is 0 Å². The fraction of sp³-hybridized carbons (Fsp3) is 0. The van der Waals surface area contributed by atoms with Crippen molar-refractivity contribution in [3.8, 4) is 0 Å². The van der Waals surface area contributed by atoms with Crippen molar-refractivity contribution in [3.63, 3.8) is 0 Å². The summed E-state index contributed by atoms with van der Waals surface area (Å²) < 4.78 is 0. The summed E-state index contributed by atoms with van der Waals surface area (Å²) in [6, 6.07) is 8.14. The Bertz CT molecular complexity index is 412. The van der Waals surface area contributed by atoms with Crippen LogP contribution < -0.4 is 5.73 Å². The van der Waals surface area contributed by atoms with Gasteiger partial charge in [0.1, 0.15) is 0 Å². The molecule has 0 spiro atoms. The van der Waals surface area contributed by atoms with Crippen molar-refractivity contribution >= 4 is 17.0 Å². The molecule has 12 heavy (non-hydrogen) atoms. The van der Waals surface area contributed by atoms with Crippen LogP contribution in [0.5, 0.6) is 0 Å². The molecule has 1 heterocycles. The Morgan fingerprint density at radius 2 is 2.17 bits per heavy atom. The van der Waals surface area contributed by atoms with Gasteiger partial charge in [0.2, 0.25) is 0 Å². The first-order chi connectivity index (χ1) is 5.92. The highest BCUT2D eigenvalue weighted by Crippen LogP contribution is 2.17. The topological polar surface area (TPSA) is 41.8 Å². The summed E-state index contributed by atoms with van der Waals surface area (Å²) in [5.41, 5.74) is 7.62. The van der Waals surface area contributed by atoms with Crippen LogP contribution in [-0.2, 0) is 0 Å². The minimum absolute atomic E-state index is 1.14. The number of aromatic amines is 1. The van der Waals surface area contributed by atoms with Crippen molar-refractivity contribution in [2.24, 2.45) is 5.73 Å². The molecule has 60 valence electrons. The number of benzene rings is 1. The van der Waals surface area contributed by atoms with Crippen molar-refractivity contribution in [1.82, 2.24) is 4.98 Å². The summed E-state index contributed by atoms with van der Waals surface area (Å²) in [6.45, 7) is 0. The molecule has 0 bridgehead atoms. The highest BCUT2D eigenvalue weighted by molar-refractivity contribution is 5.88. The molecule has 2 rings (SSSR count). The van der Waals surface area contributed by atoms with Gasteiger partial charge in [-0.1, -0.05) is 12.1 Å². The third kappa shape index (κ3) is 0.975. The van der Waals surface area contributed by atoms with E-state index in [2.05, 4.69) is 4.98 Å². The molecule has 1 aromatic heterocycles. The van der Waals surface area contributed by atoms with Gasteiger partial charge in [-0.15, -0.1) is 0 Å². The van der Waals surface area contributed by atoms with E-state index in [1.165, 1.54) is 5.39 Å². The molecule has 0 unspecified atom stereocenters. The molecule has 0 radical (unpaired) electrons. The highest BCUT2D eigenvalue weighted by atomic mass is 14.7. The normalized spacial score (nSPS) is 11.3. The van der Waals surface area contributed by atoms with Crippen LogP contribution in [0.2, 0.25) is 0 Å². The van der Waals surface area contributed by atoms with Gasteiger partial charge in [0.25, 0.3) is 0 Å². The van der Waals surface area contributed by atoms with Crippen LogP contribution in [0.4, 0.5) is 0 Å². The Morgan fingerprint density at radius 3 is 3.00 bits per heavy atom. The van der Waals surface area contributed by atoms with Gasteiger partial charge in [-0.25, -0.2) is 0 Å². The minimum atomic E-state index is 1.14. The van der Waals surface area contributed by atoms with Crippen molar-refractivity contribution in [3.05, 3.63) is 42.2 Å². The lowest BCUT2D eigenvalue weighted by molar-refractivity contribution is 1.48. The second kappa shape index (κ2) is 2.74. The molecular formula is C10H10N2. The zero-order valence-electron chi connectivity index (χ0n) is 6.62. The third-order valence-corrected chi connectivity index (χ3v) is 1.90. The number of fused-ring (bicyclic) bond motifs is 1. The van der Waals surface area contributed by atoms with E-state index in [0.29, 0.717) is 0 Å². The van der Waals surface area contributed by atoms with Crippen molar-refractivity contribution in [2.45, 2.75) is 0 Å². The average Bonchev–Trinajstić information content (AvgIpc) is 2.53. The molecule has 1 aromatic carbocycles. The average molecular weight is 158 g/mol. The SMILES string of the molecule is NC=Cc1cccc2[nH]ccc12. The molecule has 0 aliphatic heterocycles. The summed E-state index contributed by atoms with van der Waals surface area (Å²) in [5.74, 6) is 0. The second-order valence-corrected chi connectivity index (χ2v) is 2.65. The van der Waals surface area contributed by atoms with E-state index in [0.717, 1.165) is 11.1 Å². The van der Waals surface area contributed by atoms with Crippen LogP contribution in [-0.4, -0.2) is 4.98 Å². The van der Waals surface area contributed by atoms with Crippen LogP contribution in [0.15, 0.2) is 36.7 Å². The molecule has 0 aliphatic rings. The predicted octanol–water partition coefficient (Wildman–Crippen LogP) is 2.10. The quantitative estimate of drug-likeness (QED) is 0.655. The Labute approximate surface area is 70.7 Å². The van der Waals surface area contributed by atoms with Gasteiger partial charge in [0.15, 0.2) is 0 Å². The lowest BCUT2D eigenvalue weighted by Gasteiger charge is -1.94. The molecule has 2 nitrogen and oxygen atoms in total. The lowest BCUT2D eigenvalue weighted by Crippen LogP contribution is -1.78. The second-order valence-electron chi connectivity index (χ2n) is 2.65. The van der Waals surface area contributed by atoms with Crippen molar-refractivity contribution in [2.75, 3.05) is 0 Å². The highest BCUT2D eigenvalue weighted by Gasteiger charge is 1.96. The van der Waals surface area contributed by atoms with E-state index in [-0.39, 0.29) is 0 Å². The van der Waals surface area contributed by atoms with E-state index >= 15 is 0 Å². The van der Waals surface area contributed by atoms with E-state index in [1.807, 2.05) is 36.5 Å². The number of hydrogen-bond donors (Lipinski definition) is 2. The van der Waals surface area contributed by atoms with Gasteiger partial charge in [0, 0.05) is 17.1 Å². The fourth-order valence-corrected chi connectivity index (χ4v) is 1.36. The molecule has 0 fully saturated rings. The largest absolute Gasteiger partial charge is 0.405 e. The van der Waals surface area contributed by atoms with Gasteiger partial charge < -0.3 is 10.7 Å². The zero-order valence-corrected chi connectivity index (χ0v) is 6.62. The minimum Gasteiger partial charge on any atom is -0.405 e. The van der Waals surface area contributed by atoms with Crippen LogP contribution in [0.1, 0.15) is 5.56 Å². The Hall–Kier alpha value is -1.70. The fourth-order valence-electron chi connectivity index (χ4n) is 1.36. The van der Waals surface area contributed by atoms with Crippen LogP contribution in [0.3, 0.4) is 0 Å². The first-order valence-corrected chi connectivity index (χ1v) is 3.86. The molecule has 2 heteroatoms. The zero-order chi connectivity index (χ0) is 8.39.